The van der Waals surface area contributed by atoms with Gasteiger partial charge in [0.1, 0.15) is 24.2 Å². The molecule has 4 nitrogen and oxygen atoms in total. The molecule has 4 aliphatic carbocycles. The second kappa shape index (κ2) is 7.31. The highest BCUT2D eigenvalue weighted by molar-refractivity contribution is 5.44. The van der Waals surface area contributed by atoms with Gasteiger partial charge in [-0.2, -0.15) is 0 Å². The van der Waals surface area contributed by atoms with Crippen LogP contribution in [0.1, 0.15) is 54.9 Å². The minimum absolute atomic E-state index is 0.0768. The number of fused-ring (bicyclic) bond motifs is 1. The molecule has 4 bridgehead atoms. The van der Waals surface area contributed by atoms with Crippen molar-refractivity contribution in [2.24, 2.45) is 5.41 Å². The lowest BCUT2D eigenvalue weighted by atomic mass is 9.86. The Labute approximate surface area is 177 Å². The van der Waals surface area contributed by atoms with Gasteiger partial charge in [-0.25, -0.2) is 8.96 Å². The Morgan fingerprint density at radius 3 is 2.43 bits per heavy atom. The molecule has 0 fully saturated rings. The zero-order valence-corrected chi connectivity index (χ0v) is 18.0. The third-order valence-corrected chi connectivity index (χ3v) is 6.48. The first-order valence-electron chi connectivity index (χ1n) is 10.9. The Morgan fingerprint density at radius 1 is 1.00 bits per heavy atom. The summed E-state index contributed by atoms with van der Waals surface area (Å²) in [7, 11) is 0. The van der Waals surface area contributed by atoms with Crippen LogP contribution in [-0.2, 0) is 37.0 Å². The quantitative estimate of drug-likeness (QED) is 0.564. The minimum atomic E-state index is -0.0768. The van der Waals surface area contributed by atoms with Crippen LogP contribution in [0, 0.1) is 11.2 Å². The molecular weight excluding hydrogens is 377 g/mol. The van der Waals surface area contributed by atoms with E-state index >= 15 is 0 Å². The Hall–Kier alpha value is -2.53. The van der Waals surface area contributed by atoms with Crippen molar-refractivity contribution < 1.29 is 13.7 Å². The van der Waals surface area contributed by atoms with E-state index in [1.807, 2.05) is 10.7 Å². The number of hydrogen-bond acceptors (Lipinski definition) is 2. The fourth-order valence-electron chi connectivity index (χ4n) is 4.57. The van der Waals surface area contributed by atoms with E-state index in [4.69, 9.17) is 9.84 Å². The summed E-state index contributed by atoms with van der Waals surface area (Å²) in [6.45, 7) is 7.99. The Kier molecular flexibility index (Phi) is 4.73. The van der Waals surface area contributed by atoms with E-state index in [1.54, 1.807) is 6.07 Å². The molecule has 5 heteroatoms. The first-order valence-corrected chi connectivity index (χ1v) is 10.9. The number of aryl methyl sites for hydroxylation is 4. The van der Waals surface area contributed by atoms with Crippen LogP contribution in [0.3, 0.4) is 0 Å². The normalized spacial score (nSPS) is 18.7. The molecule has 0 radical (unpaired) electrons. The van der Waals surface area contributed by atoms with E-state index in [-0.39, 0.29) is 17.3 Å². The third-order valence-electron chi connectivity index (χ3n) is 6.48. The molecule has 0 amide bonds. The third kappa shape index (κ3) is 3.56. The lowest BCUT2D eigenvalue weighted by Crippen LogP contribution is -2.53. The molecule has 3 aromatic rings. The molecule has 8 rings (SSSR count). The highest BCUT2D eigenvalue weighted by atomic mass is 19.1. The van der Waals surface area contributed by atoms with Gasteiger partial charge in [0.25, 0.3) is 0 Å². The van der Waals surface area contributed by atoms with Gasteiger partial charge in [-0.3, -0.25) is 0 Å². The monoisotopic (exact) mass is 406 g/mol. The average Bonchev–Trinajstić information content (AvgIpc) is 3.13. The number of benzene rings is 2. The molecule has 2 aromatic carbocycles. The summed E-state index contributed by atoms with van der Waals surface area (Å²) in [5.74, 6) is 0.891. The lowest BCUT2D eigenvalue weighted by Gasteiger charge is -2.31. The highest BCUT2D eigenvalue weighted by Crippen LogP contribution is 2.30. The molecule has 156 valence electrons. The maximum atomic E-state index is 14.4. The van der Waals surface area contributed by atoms with E-state index in [9.17, 15) is 4.39 Å². The van der Waals surface area contributed by atoms with E-state index < -0.39 is 0 Å². The summed E-state index contributed by atoms with van der Waals surface area (Å²) in [5, 5.41) is 4.91. The van der Waals surface area contributed by atoms with Gasteiger partial charge in [0.15, 0.2) is 0 Å². The minimum Gasteiger partial charge on any atom is -0.367 e. The van der Waals surface area contributed by atoms with Crippen LogP contribution >= 0.6 is 0 Å². The summed E-state index contributed by atoms with van der Waals surface area (Å²) < 4.78 is 24.6. The topological polar surface area (TPSA) is 30.9 Å². The molecule has 0 spiro atoms. The molecule has 0 saturated carbocycles. The van der Waals surface area contributed by atoms with E-state index in [1.165, 1.54) is 11.1 Å². The smallest absolute Gasteiger partial charge is 0.304 e. The maximum Gasteiger partial charge on any atom is 0.304 e. The van der Waals surface area contributed by atoms with Crippen LogP contribution in [0.2, 0.25) is 0 Å². The van der Waals surface area contributed by atoms with Gasteiger partial charge in [-0.05, 0) is 65.5 Å². The Bertz CT molecular complexity index is 1100. The van der Waals surface area contributed by atoms with Crippen molar-refractivity contribution in [1.82, 2.24) is 9.78 Å². The molecule has 30 heavy (non-hydrogen) atoms. The predicted octanol–water partition coefficient (Wildman–Crippen LogP) is 4.30. The van der Waals surface area contributed by atoms with Crippen LogP contribution < -0.4 is 4.57 Å². The summed E-state index contributed by atoms with van der Waals surface area (Å²) in [6.07, 6.45) is 5.31. The summed E-state index contributed by atoms with van der Waals surface area (Å²) in [5.41, 5.74) is 5.49. The van der Waals surface area contributed by atoms with Crippen LogP contribution in [0.5, 0.6) is 0 Å². The molecule has 2 heterocycles. The number of aromatic nitrogens is 3. The number of halogens is 1. The van der Waals surface area contributed by atoms with Crippen LogP contribution in [0.25, 0.3) is 5.69 Å². The number of ether oxygens (including phenoxy) is 1. The fraction of sp³-hybridized carbons (Fsp3) is 0.440. The molecular formula is C25H29FN3O+. The van der Waals surface area contributed by atoms with Gasteiger partial charge < -0.3 is 4.74 Å². The Balaban J connectivity index is 1.56. The summed E-state index contributed by atoms with van der Waals surface area (Å²) >= 11 is 0. The number of nitrogens with zero attached hydrogens (tertiary/aromatic N) is 3. The molecule has 1 aliphatic heterocycles. The van der Waals surface area contributed by atoms with Crippen LogP contribution in [0.4, 0.5) is 4.39 Å². The largest absolute Gasteiger partial charge is 0.367 e. The van der Waals surface area contributed by atoms with E-state index in [0.29, 0.717) is 19.6 Å². The van der Waals surface area contributed by atoms with Crippen LogP contribution in [0.15, 0.2) is 42.7 Å². The molecule has 1 aromatic heterocycles. The lowest BCUT2D eigenvalue weighted by molar-refractivity contribution is -0.755. The van der Waals surface area contributed by atoms with Crippen molar-refractivity contribution in [1.29, 1.82) is 0 Å². The predicted molar refractivity (Wildman–Crippen MR) is 113 cm³/mol. The van der Waals surface area contributed by atoms with Crippen molar-refractivity contribution in [2.75, 3.05) is 6.61 Å². The summed E-state index contributed by atoms with van der Waals surface area (Å²) in [4.78, 5) is 0. The van der Waals surface area contributed by atoms with Crippen molar-refractivity contribution >= 4 is 0 Å². The average molecular weight is 407 g/mol. The number of rotatable bonds is 1. The zero-order valence-electron chi connectivity index (χ0n) is 18.0. The van der Waals surface area contributed by atoms with Gasteiger partial charge >= 0.3 is 5.82 Å². The first kappa shape index (κ1) is 19.4. The molecule has 0 N–H and O–H groups in total. The van der Waals surface area contributed by atoms with Crippen molar-refractivity contribution in [3.8, 4) is 5.69 Å². The van der Waals surface area contributed by atoms with Crippen molar-refractivity contribution in [3.05, 3.63) is 76.6 Å². The standard InChI is InChI=1S/C25H29FN3O/c1-25(2,3)23-14-30-15-24-27-29(16-28(23)24)22-13-18-5-9-19-8-4-17(12-21(19)26)6-10-20(22)11-7-18/h4,7-8,11-13,16,23H,5-6,9-10,14-15H2,1-3H3/q+1/t23-/m0/s1. The number of hydrogen-bond donors (Lipinski definition) is 0. The molecule has 5 aliphatic rings. The van der Waals surface area contributed by atoms with Crippen molar-refractivity contribution in [2.45, 2.75) is 59.1 Å². The zero-order chi connectivity index (χ0) is 20.9. The van der Waals surface area contributed by atoms with Gasteiger partial charge in [0.05, 0.1) is 6.61 Å². The van der Waals surface area contributed by atoms with E-state index in [2.05, 4.69) is 55.9 Å². The Morgan fingerprint density at radius 2 is 1.70 bits per heavy atom. The molecule has 0 unspecified atom stereocenters. The molecule has 1 atom stereocenters. The van der Waals surface area contributed by atoms with Crippen molar-refractivity contribution in [3.63, 3.8) is 0 Å². The van der Waals surface area contributed by atoms with Gasteiger partial charge in [-0.15, -0.1) is 0 Å². The first-order chi connectivity index (χ1) is 14.4. The van der Waals surface area contributed by atoms with Gasteiger partial charge in [-0.1, -0.05) is 49.7 Å². The second-order valence-corrected chi connectivity index (χ2v) is 9.67. The SMILES string of the molecule is CC(C)(C)[C@@H]1COCc2nn(-c3cc4ccc3CCc3ccc(c(F)c3)CC4)c[n+]21. The maximum absolute atomic E-state index is 14.4. The second-order valence-electron chi connectivity index (χ2n) is 9.67. The van der Waals surface area contributed by atoms with Gasteiger partial charge in [0, 0.05) is 5.10 Å². The summed E-state index contributed by atoms with van der Waals surface area (Å²) in [6, 6.07) is 12.6. The van der Waals surface area contributed by atoms with Gasteiger partial charge in [0.2, 0.25) is 6.33 Å². The molecule has 0 saturated heterocycles. The fourth-order valence-corrected chi connectivity index (χ4v) is 4.57. The van der Waals surface area contributed by atoms with E-state index in [0.717, 1.165) is 41.9 Å². The van der Waals surface area contributed by atoms with Crippen LogP contribution in [-0.4, -0.2) is 16.4 Å². The highest BCUT2D eigenvalue weighted by Gasteiger charge is 2.37.